The first-order valence-electron chi connectivity index (χ1n) is 9.17. The molecule has 1 atom stereocenters. The van der Waals surface area contributed by atoms with Gasteiger partial charge < -0.3 is 9.80 Å². The minimum atomic E-state index is -0.240. The zero-order valence-electron chi connectivity index (χ0n) is 15.5. The van der Waals surface area contributed by atoms with Crippen LogP contribution in [0.25, 0.3) is 0 Å². The minimum absolute atomic E-state index is 0.0436. The Bertz CT molecular complexity index is 886. The average Bonchev–Trinajstić information content (AvgIpc) is 3.07. The highest BCUT2D eigenvalue weighted by molar-refractivity contribution is 5.99. The van der Waals surface area contributed by atoms with Crippen molar-refractivity contribution in [1.29, 1.82) is 0 Å². The second-order valence-electron chi connectivity index (χ2n) is 7.17. The lowest BCUT2D eigenvalue weighted by Gasteiger charge is -2.40. The first kappa shape index (κ1) is 16.8. The second kappa shape index (κ2) is 6.27. The number of hydrogen-bond donors (Lipinski definition) is 0. The van der Waals surface area contributed by atoms with E-state index in [1.807, 2.05) is 59.6 Å². The molecular weight excluding hydrogens is 328 g/mol. The number of amides is 2. The van der Waals surface area contributed by atoms with Crippen molar-refractivity contribution < 1.29 is 9.59 Å². The molecule has 4 rings (SSSR count). The number of carbonyl (C=O) groups excluding carboxylic acids is 2. The Labute approximate surface area is 153 Å². The molecule has 2 amide bonds. The lowest BCUT2D eigenvalue weighted by Crippen LogP contribution is -2.48. The van der Waals surface area contributed by atoms with Crippen molar-refractivity contribution in [2.24, 2.45) is 7.05 Å². The van der Waals surface area contributed by atoms with Crippen LogP contribution in [0.15, 0.2) is 24.3 Å². The van der Waals surface area contributed by atoms with Gasteiger partial charge in [0.15, 0.2) is 0 Å². The van der Waals surface area contributed by atoms with Crippen molar-refractivity contribution in [2.75, 3.05) is 13.1 Å². The summed E-state index contributed by atoms with van der Waals surface area (Å²) in [5.74, 6) is 0.147. The molecule has 2 aliphatic heterocycles. The van der Waals surface area contributed by atoms with E-state index in [1.54, 1.807) is 0 Å². The van der Waals surface area contributed by atoms with Gasteiger partial charge in [0.2, 0.25) is 5.91 Å². The highest BCUT2D eigenvalue weighted by Gasteiger charge is 2.43. The van der Waals surface area contributed by atoms with E-state index in [4.69, 9.17) is 0 Å². The molecule has 0 aliphatic carbocycles. The molecule has 1 aromatic carbocycles. The molecule has 0 N–H and O–H groups in total. The topological polar surface area (TPSA) is 58.4 Å². The number of aryl methyl sites for hydroxylation is 2. The minimum Gasteiger partial charge on any atom is -0.318 e. The summed E-state index contributed by atoms with van der Waals surface area (Å²) in [4.78, 5) is 29.4. The SMILES string of the molecule is Cc1nn(C)c(C)c1CCC(=O)N1CCCN2C(=O)c3ccccc3[C@@H]12. The Kier molecular flexibility index (Phi) is 4.05. The van der Waals surface area contributed by atoms with Crippen LogP contribution in [-0.4, -0.2) is 44.5 Å². The van der Waals surface area contributed by atoms with E-state index in [-0.39, 0.29) is 18.0 Å². The summed E-state index contributed by atoms with van der Waals surface area (Å²) in [5, 5.41) is 4.43. The molecule has 3 heterocycles. The monoisotopic (exact) mass is 352 g/mol. The van der Waals surface area contributed by atoms with Gasteiger partial charge in [-0.05, 0) is 38.3 Å². The number of nitrogens with zero attached hydrogens (tertiary/aromatic N) is 4. The van der Waals surface area contributed by atoms with Crippen LogP contribution in [0.2, 0.25) is 0 Å². The lowest BCUT2D eigenvalue weighted by atomic mass is 10.0. The van der Waals surface area contributed by atoms with Gasteiger partial charge in [0, 0.05) is 43.4 Å². The summed E-state index contributed by atoms with van der Waals surface area (Å²) in [6.07, 6.45) is 1.71. The third kappa shape index (κ3) is 2.52. The maximum absolute atomic E-state index is 13.0. The molecule has 0 spiro atoms. The van der Waals surface area contributed by atoms with Gasteiger partial charge in [0.1, 0.15) is 6.17 Å². The van der Waals surface area contributed by atoms with Gasteiger partial charge in [-0.15, -0.1) is 0 Å². The fourth-order valence-corrected chi connectivity index (χ4v) is 4.26. The van der Waals surface area contributed by atoms with Crippen molar-refractivity contribution >= 4 is 11.8 Å². The molecule has 6 nitrogen and oxygen atoms in total. The first-order chi connectivity index (χ1) is 12.5. The summed E-state index contributed by atoms with van der Waals surface area (Å²) in [6, 6.07) is 7.66. The molecule has 1 fully saturated rings. The summed E-state index contributed by atoms with van der Waals surface area (Å²) >= 11 is 0. The van der Waals surface area contributed by atoms with Crippen LogP contribution in [-0.2, 0) is 18.3 Å². The third-order valence-electron chi connectivity index (χ3n) is 5.69. The molecular formula is C20H24N4O2. The highest BCUT2D eigenvalue weighted by Crippen LogP contribution is 2.38. The van der Waals surface area contributed by atoms with E-state index < -0.39 is 0 Å². The van der Waals surface area contributed by atoms with Gasteiger partial charge in [-0.3, -0.25) is 14.3 Å². The van der Waals surface area contributed by atoms with E-state index in [9.17, 15) is 9.59 Å². The van der Waals surface area contributed by atoms with Crippen LogP contribution >= 0.6 is 0 Å². The number of hydrogen-bond acceptors (Lipinski definition) is 3. The van der Waals surface area contributed by atoms with Crippen LogP contribution in [0.5, 0.6) is 0 Å². The number of fused-ring (bicyclic) bond motifs is 3. The Morgan fingerprint density at radius 1 is 1.23 bits per heavy atom. The molecule has 6 heteroatoms. The summed E-state index contributed by atoms with van der Waals surface area (Å²) < 4.78 is 1.86. The van der Waals surface area contributed by atoms with Crippen molar-refractivity contribution in [2.45, 2.75) is 39.3 Å². The zero-order valence-corrected chi connectivity index (χ0v) is 15.5. The van der Waals surface area contributed by atoms with Gasteiger partial charge in [-0.2, -0.15) is 5.10 Å². The molecule has 2 aliphatic rings. The van der Waals surface area contributed by atoms with Gasteiger partial charge in [0.25, 0.3) is 5.91 Å². The summed E-state index contributed by atoms with van der Waals surface area (Å²) in [6.45, 7) is 5.44. The van der Waals surface area contributed by atoms with E-state index >= 15 is 0 Å². The average molecular weight is 352 g/mol. The van der Waals surface area contributed by atoms with Crippen molar-refractivity contribution in [1.82, 2.24) is 19.6 Å². The van der Waals surface area contributed by atoms with Crippen molar-refractivity contribution in [3.63, 3.8) is 0 Å². The van der Waals surface area contributed by atoms with E-state index in [0.29, 0.717) is 25.9 Å². The Morgan fingerprint density at radius 3 is 2.73 bits per heavy atom. The molecule has 26 heavy (non-hydrogen) atoms. The van der Waals surface area contributed by atoms with E-state index in [2.05, 4.69) is 5.10 Å². The molecule has 0 bridgehead atoms. The van der Waals surface area contributed by atoms with Crippen LogP contribution in [0.4, 0.5) is 0 Å². The van der Waals surface area contributed by atoms with Gasteiger partial charge in [0.05, 0.1) is 5.69 Å². The van der Waals surface area contributed by atoms with Crippen LogP contribution in [0, 0.1) is 13.8 Å². The molecule has 1 saturated heterocycles. The lowest BCUT2D eigenvalue weighted by molar-refractivity contribution is -0.139. The molecule has 0 unspecified atom stereocenters. The number of aromatic nitrogens is 2. The van der Waals surface area contributed by atoms with E-state index in [1.165, 1.54) is 0 Å². The highest BCUT2D eigenvalue weighted by atomic mass is 16.2. The Hall–Kier alpha value is -2.63. The van der Waals surface area contributed by atoms with Gasteiger partial charge in [-0.25, -0.2) is 0 Å². The molecule has 136 valence electrons. The van der Waals surface area contributed by atoms with Crippen LogP contribution in [0.1, 0.15) is 51.9 Å². The molecule has 2 aromatic rings. The predicted octanol–water partition coefficient (Wildman–Crippen LogP) is 2.36. The normalized spacial score (nSPS) is 18.9. The van der Waals surface area contributed by atoms with Crippen LogP contribution < -0.4 is 0 Å². The standard InChI is InChI=1S/C20H24N4O2/c1-13-15(14(2)22(3)21-13)9-10-18(25)23-11-6-12-24-19(23)16-7-4-5-8-17(16)20(24)26/h4-5,7-8,19H,6,9-12H2,1-3H3/t19-/m0/s1. The van der Waals surface area contributed by atoms with E-state index in [0.717, 1.165) is 34.5 Å². The molecule has 0 saturated carbocycles. The smallest absolute Gasteiger partial charge is 0.256 e. The third-order valence-corrected chi connectivity index (χ3v) is 5.69. The maximum atomic E-state index is 13.0. The number of benzene rings is 1. The fraction of sp³-hybridized carbons (Fsp3) is 0.450. The zero-order chi connectivity index (χ0) is 18.4. The van der Waals surface area contributed by atoms with Crippen molar-refractivity contribution in [3.8, 4) is 0 Å². The predicted molar refractivity (Wildman–Crippen MR) is 97.6 cm³/mol. The van der Waals surface area contributed by atoms with Crippen LogP contribution in [0.3, 0.4) is 0 Å². The summed E-state index contributed by atoms with van der Waals surface area (Å²) in [5.41, 5.74) is 4.93. The molecule has 1 aromatic heterocycles. The molecule has 0 radical (unpaired) electrons. The largest absolute Gasteiger partial charge is 0.318 e. The number of carbonyl (C=O) groups is 2. The summed E-state index contributed by atoms with van der Waals surface area (Å²) in [7, 11) is 1.93. The Morgan fingerprint density at radius 2 is 2.00 bits per heavy atom. The second-order valence-corrected chi connectivity index (χ2v) is 7.17. The maximum Gasteiger partial charge on any atom is 0.256 e. The quantitative estimate of drug-likeness (QED) is 0.852. The van der Waals surface area contributed by atoms with Gasteiger partial charge in [-0.1, -0.05) is 18.2 Å². The fourth-order valence-electron chi connectivity index (χ4n) is 4.26. The van der Waals surface area contributed by atoms with Crippen molar-refractivity contribution in [3.05, 3.63) is 52.3 Å². The first-order valence-corrected chi connectivity index (χ1v) is 9.17. The number of rotatable bonds is 3. The van der Waals surface area contributed by atoms with Gasteiger partial charge >= 0.3 is 0 Å². The Balaban J connectivity index is 1.55.